The van der Waals surface area contributed by atoms with E-state index in [1.54, 1.807) is 6.92 Å². The molecule has 1 saturated heterocycles. The van der Waals surface area contributed by atoms with Gasteiger partial charge in [0.05, 0.1) is 27.5 Å². The van der Waals surface area contributed by atoms with Gasteiger partial charge in [0.15, 0.2) is 0 Å². The Morgan fingerprint density at radius 1 is 1.19 bits per heavy atom. The molecule has 32 heavy (non-hydrogen) atoms. The van der Waals surface area contributed by atoms with E-state index >= 15 is 0 Å². The molecule has 1 aromatic carbocycles. The Morgan fingerprint density at radius 2 is 1.88 bits per heavy atom. The zero-order valence-electron chi connectivity index (χ0n) is 18.0. The Kier molecular flexibility index (Phi) is 6.47. The number of carbonyl (C=O) groups excluding carboxylic acids is 1. The van der Waals surface area contributed by atoms with Crippen LogP contribution in [0.25, 0.3) is 10.8 Å². The van der Waals surface area contributed by atoms with Crippen LogP contribution in [0.15, 0.2) is 51.1 Å². The van der Waals surface area contributed by atoms with Gasteiger partial charge in [0.2, 0.25) is 15.9 Å². The molecule has 0 N–H and O–H groups in total. The fourth-order valence-electron chi connectivity index (χ4n) is 3.52. The molecule has 0 saturated carbocycles. The highest BCUT2D eigenvalue weighted by Gasteiger charge is 2.32. The number of hydrogen-bond donors (Lipinski definition) is 0. The largest absolute Gasteiger partial charge is 0.455 e. The van der Waals surface area contributed by atoms with Crippen LogP contribution in [0, 0.1) is 6.92 Å². The third-order valence-electron chi connectivity index (χ3n) is 5.08. The number of aromatic nitrogens is 1. The molecule has 1 aliphatic heterocycles. The number of hydrogen-bond acceptors (Lipinski definition) is 8. The third-order valence-corrected chi connectivity index (χ3v) is 7.78. The number of nitrogens with zero attached hydrogens (tertiary/aromatic N) is 2. The monoisotopic (exact) mass is 476 g/mol. The summed E-state index contributed by atoms with van der Waals surface area (Å²) in [5, 5.41) is 1.93. The number of esters is 1. The number of morpholine rings is 1. The highest BCUT2D eigenvalue weighted by atomic mass is 32.2. The zero-order valence-corrected chi connectivity index (χ0v) is 19.6. The predicted molar refractivity (Wildman–Crippen MR) is 119 cm³/mol. The molecule has 3 aromatic rings. The van der Waals surface area contributed by atoms with Crippen LogP contribution in [0.2, 0.25) is 0 Å². The van der Waals surface area contributed by atoms with Crippen molar-refractivity contribution in [2.24, 2.45) is 0 Å². The first-order valence-corrected chi connectivity index (χ1v) is 12.5. The van der Waals surface area contributed by atoms with Crippen molar-refractivity contribution < 1.29 is 27.1 Å². The molecule has 8 nitrogen and oxygen atoms in total. The summed E-state index contributed by atoms with van der Waals surface area (Å²) < 4.78 is 43.9. The van der Waals surface area contributed by atoms with Crippen molar-refractivity contribution in [1.82, 2.24) is 9.29 Å². The van der Waals surface area contributed by atoms with Gasteiger partial charge in [-0.05, 0) is 56.5 Å². The van der Waals surface area contributed by atoms with Crippen molar-refractivity contribution in [2.75, 3.05) is 13.1 Å². The highest BCUT2D eigenvalue weighted by Crippen LogP contribution is 2.26. The van der Waals surface area contributed by atoms with Gasteiger partial charge in [0.25, 0.3) is 0 Å². The molecule has 1 aliphatic rings. The Bertz CT molecular complexity index is 1180. The number of oxazole rings is 1. The second kappa shape index (κ2) is 9.14. The van der Waals surface area contributed by atoms with Crippen LogP contribution in [-0.4, -0.2) is 49.0 Å². The molecule has 2 atom stereocenters. The van der Waals surface area contributed by atoms with E-state index in [4.69, 9.17) is 13.9 Å². The summed E-state index contributed by atoms with van der Waals surface area (Å²) in [4.78, 5) is 17.9. The molecule has 0 amide bonds. The predicted octanol–water partition coefficient (Wildman–Crippen LogP) is 3.87. The van der Waals surface area contributed by atoms with Gasteiger partial charge in [-0.3, -0.25) is 0 Å². The molecule has 0 bridgehead atoms. The van der Waals surface area contributed by atoms with Crippen LogP contribution in [0.3, 0.4) is 0 Å². The highest BCUT2D eigenvalue weighted by molar-refractivity contribution is 7.89. The Hall–Kier alpha value is -2.53. The number of benzene rings is 1. The van der Waals surface area contributed by atoms with E-state index in [0.29, 0.717) is 30.4 Å². The average Bonchev–Trinajstić information content (AvgIpc) is 3.41. The maximum Gasteiger partial charge on any atom is 0.338 e. The van der Waals surface area contributed by atoms with E-state index in [-0.39, 0.29) is 29.3 Å². The molecular weight excluding hydrogens is 452 g/mol. The molecule has 1 fully saturated rings. The Labute approximate surface area is 190 Å². The molecule has 0 aliphatic carbocycles. The minimum atomic E-state index is -3.67. The number of sulfonamides is 1. The first-order valence-electron chi connectivity index (χ1n) is 10.2. The maximum atomic E-state index is 12.9. The lowest BCUT2D eigenvalue weighted by atomic mass is 10.2. The van der Waals surface area contributed by atoms with Crippen LogP contribution < -0.4 is 0 Å². The smallest absolute Gasteiger partial charge is 0.338 e. The summed E-state index contributed by atoms with van der Waals surface area (Å²) in [5.74, 6) is 0.504. The molecule has 170 valence electrons. The van der Waals surface area contributed by atoms with Crippen LogP contribution in [0.1, 0.15) is 35.7 Å². The van der Waals surface area contributed by atoms with Gasteiger partial charge >= 0.3 is 5.97 Å². The van der Waals surface area contributed by atoms with Gasteiger partial charge in [-0.2, -0.15) is 4.31 Å². The van der Waals surface area contributed by atoms with Gasteiger partial charge in [0, 0.05) is 13.1 Å². The first-order chi connectivity index (χ1) is 15.2. The quantitative estimate of drug-likeness (QED) is 0.498. The minimum Gasteiger partial charge on any atom is -0.455 e. The third kappa shape index (κ3) is 4.78. The topological polar surface area (TPSA) is 98.9 Å². The fraction of sp³-hybridized carbons (Fsp3) is 0.364. The second-order valence-electron chi connectivity index (χ2n) is 7.68. The molecule has 0 unspecified atom stereocenters. The summed E-state index contributed by atoms with van der Waals surface area (Å²) in [5.41, 5.74) is 0.795. The SMILES string of the molecule is Cc1oc(-c2cccs2)nc1COC(=O)c1ccc(S(=O)(=O)N2C[C@@H](C)O[C@H](C)C2)cc1. The lowest BCUT2D eigenvalue weighted by Gasteiger charge is -2.34. The summed E-state index contributed by atoms with van der Waals surface area (Å²) in [6, 6.07) is 9.56. The molecule has 2 aromatic heterocycles. The van der Waals surface area contributed by atoms with Crippen LogP contribution >= 0.6 is 11.3 Å². The van der Waals surface area contributed by atoms with Crippen molar-refractivity contribution in [2.45, 2.75) is 44.5 Å². The van der Waals surface area contributed by atoms with E-state index in [1.165, 1.54) is 39.9 Å². The van der Waals surface area contributed by atoms with Crippen LogP contribution in [-0.2, 0) is 26.1 Å². The zero-order chi connectivity index (χ0) is 22.9. The molecule has 10 heteroatoms. The van der Waals surface area contributed by atoms with Crippen molar-refractivity contribution in [3.63, 3.8) is 0 Å². The lowest BCUT2D eigenvalue weighted by Crippen LogP contribution is -2.48. The van der Waals surface area contributed by atoms with Gasteiger partial charge in [-0.1, -0.05) is 6.07 Å². The average molecular weight is 477 g/mol. The molecular formula is C22H24N2O6S2. The Morgan fingerprint density at radius 3 is 2.50 bits per heavy atom. The van der Waals surface area contributed by atoms with Crippen molar-refractivity contribution in [3.05, 3.63) is 58.8 Å². The van der Waals surface area contributed by atoms with Gasteiger partial charge in [-0.25, -0.2) is 18.2 Å². The number of ether oxygens (including phenoxy) is 2. The standard InChI is InChI=1S/C22H24N2O6S2/c1-14-11-24(12-15(2)29-14)32(26,27)18-8-6-17(7-9-18)22(25)28-13-19-16(3)30-21(23-19)20-5-4-10-31-20/h4-10,14-15H,11-13H2,1-3H3/t14-,15-/m1/s1. The van der Waals surface area contributed by atoms with Crippen molar-refractivity contribution in [1.29, 1.82) is 0 Å². The van der Waals surface area contributed by atoms with E-state index in [9.17, 15) is 13.2 Å². The lowest BCUT2D eigenvalue weighted by molar-refractivity contribution is -0.0440. The van der Waals surface area contributed by atoms with Crippen LogP contribution in [0.4, 0.5) is 0 Å². The molecule has 0 spiro atoms. The summed E-state index contributed by atoms with van der Waals surface area (Å²) in [6.45, 7) is 6.00. The fourth-order valence-corrected chi connectivity index (χ4v) is 5.76. The van der Waals surface area contributed by atoms with Crippen molar-refractivity contribution in [3.8, 4) is 10.8 Å². The van der Waals surface area contributed by atoms with Crippen LogP contribution in [0.5, 0.6) is 0 Å². The second-order valence-corrected chi connectivity index (χ2v) is 10.6. The number of carbonyl (C=O) groups is 1. The normalized spacial score (nSPS) is 19.7. The molecule has 0 radical (unpaired) electrons. The summed E-state index contributed by atoms with van der Waals surface area (Å²) in [7, 11) is -3.67. The summed E-state index contributed by atoms with van der Waals surface area (Å²) in [6.07, 6.45) is -0.355. The molecule has 3 heterocycles. The first kappa shape index (κ1) is 22.7. The van der Waals surface area contributed by atoms with E-state index in [2.05, 4.69) is 4.98 Å². The Balaban J connectivity index is 1.41. The van der Waals surface area contributed by atoms with E-state index in [0.717, 1.165) is 4.88 Å². The number of aryl methyl sites for hydroxylation is 1. The summed E-state index contributed by atoms with van der Waals surface area (Å²) >= 11 is 1.51. The maximum absolute atomic E-state index is 12.9. The van der Waals surface area contributed by atoms with E-state index in [1.807, 2.05) is 31.4 Å². The minimum absolute atomic E-state index is 0.0385. The van der Waals surface area contributed by atoms with Gasteiger partial charge in [0.1, 0.15) is 18.1 Å². The van der Waals surface area contributed by atoms with Gasteiger partial charge in [-0.15, -0.1) is 11.3 Å². The van der Waals surface area contributed by atoms with Gasteiger partial charge < -0.3 is 13.9 Å². The number of thiophene rings is 1. The van der Waals surface area contributed by atoms with E-state index < -0.39 is 16.0 Å². The van der Waals surface area contributed by atoms with Crippen molar-refractivity contribution >= 4 is 27.3 Å². The molecule has 4 rings (SSSR count). The number of rotatable bonds is 6.